The fourth-order valence-electron chi connectivity index (χ4n) is 2.20. The molecule has 0 radical (unpaired) electrons. The second-order valence-electron chi connectivity index (χ2n) is 4.81. The highest BCUT2D eigenvalue weighted by Gasteiger charge is 2.14. The third-order valence-electron chi connectivity index (χ3n) is 3.32. The van der Waals surface area contributed by atoms with Crippen LogP contribution in [0.4, 0.5) is 0 Å². The highest BCUT2D eigenvalue weighted by Crippen LogP contribution is 2.16. The molecule has 0 aliphatic rings. The third kappa shape index (κ3) is 2.96. The number of nitrogens with zero attached hydrogens (tertiary/aromatic N) is 1. The van der Waals surface area contributed by atoms with Crippen LogP contribution in [0.5, 0.6) is 5.75 Å². The number of amides is 2. The Morgan fingerprint density at radius 1 is 0.826 bits per heavy atom. The molecule has 3 rings (SSSR count). The maximum Gasteiger partial charge on any atom is 0.273 e. The predicted molar refractivity (Wildman–Crippen MR) is 84.8 cm³/mol. The molecule has 0 spiro atoms. The number of phenolic OH excluding ortho intramolecular Hbond substituents is 1. The average Bonchev–Trinajstić information content (AvgIpc) is 2.59. The molecule has 0 fully saturated rings. The van der Waals surface area contributed by atoms with E-state index in [0.717, 1.165) is 5.39 Å². The number of phenols is 1. The molecule has 23 heavy (non-hydrogen) atoms. The van der Waals surface area contributed by atoms with Crippen molar-refractivity contribution in [3.05, 3.63) is 71.9 Å². The van der Waals surface area contributed by atoms with E-state index in [0.29, 0.717) is 11.1 Å². The summed E-state index contributed by atoms with van der Waals surface area (Å²) in [5.41, 5.74) is 5.57. The number of pyridine rings is 1. The minimum Gasteiger partial charge on any atom is -0.507 e. The Kier molecular flexibility index (Phi) is 3.88. The first-order valence-electron chi connectivity index (χ1n) is 6.89. The lowest BCUT2D eigenvalue weighted by Crippen LogP contribution is -2.41. The van der Waals surface area contributed by atoms with Crippen LogP contribution >= 0.6 is 0 Å². The Hall–Kier alpha value is -3.41. The predicted octanol–water partition coefficient (Wildman–Crippen LogP) is 2.02. The second-order valence-corrected chi connectivity index (χ2v) is 4.81. The van der Waals surface area contributed by atoms with Crippen LogP contribution in [0.3, 0.4) is 0 Å². The summed E-state index contributed by atoms with van der Waals surface area (Å²) < 4.78 is 0. The summed E-state index contributed by atoms with van der Waals surface area (Å²) in [7, 11) is 0. The Morgan fingerprint density at radius 2 is 1.48 bits per heavy atom. The number of carbonyl (C=O) groups is 2. The minimum atomic E-state index is -0.607. The molecule has 6 heteroatoms. The van der Waals surface area contributed by atoms with Crippen molar-refractivity contribution in [3.63, 3.8) is 0 Å². The summed E-state index contributed by atoms with van der Waals surface area (Å²) in [6, 6.07) is 14.9. The van der Waals surface area contributed by atoms with E-state index in [1.807, 2.05) is 12.1 Å². The van der Waals surface area contributed by atoms with E-state index in [9.17, 15) is 14.7 Å². The van der Waals surface area contributed by atoms with Crippen LogP contribution in [0.1, 0.15) is 20.7 Å². The number of hydrogen-bond donors (Lipinski definition) is 3. The highest BCUT2D eigenvalue weighted by molar-refractivity contribution is 6.06. The molecular formula is C17H13N3O3. The standard InChI is InChI=1S/C17H13N3O3/c21-14-9-2-1-7-12(14)16(22)19-20-17(23)13-8-3-5-11-6-4-10-18-15(11)13/h1-10,21H,(H,19,22)(H,20,23). The van der Waals surface area contributed by atoms with Gasteiger partial charge in [0.25, 0.3) is 11.8 Å². The smallest absolute Gasteiger partial charge is 0.273 e. The van der Waals surface area contributed by atoms with Crippen molar-refractivity contribution in [2.45, 2.75) is 0 Å². The van der Waals surface area contributed by atoms with Gasteiger partial charge in [-0.1, -0.05) is 30.3 Å². The van der Waals surface area contributed by atoms with Crippen molar-refractivity contribution in [1.29, 1.82) is 0 Å². The van der Waals surface area contributed by atoms with Crippen LogP contribution in [0.25, 0.3) is 10.9 Å². The quantitative estimate of drug-likeness (QED) is 0.632. The number of nitrogens with one attached hydrogen (secondary N) is 2. The van der Waals surface area contributed by atoms with Crippen LogP contribution in [0.15, 0.2) is 60.8 Å². The normalized spacial score (nSPS) is 10.3. The molecule has 0 saturated heterocycles. The second kappa shape index (κ2) is 6.15. The lowest BCUT2D eigenvalue weighted by Gasteiger charge is -2.09. The molecule has 0 bridgehead atoms. The summed E-state index contributed by atoms with van der Waals surface area (Å²) >= 11 is 0. The molecule has 3 N–H and O–H groups in total. The van der Waals surface area contributed by atoms with E-state index < -0.39 is 11.8 Å². The van der Waals surface area contributed by atoms with Gasteiger partial charge in [0.05, 0.1) is 16.6 Å². The molecule has 0 aliphatic heterocycles. The van der Waals surface area contributed by atoms with Crippen LogP contribution in [0, 0.1) is 0 Å². The number of aromatic hydroxyl groups is 1. The first-order valence-corrected chi connectivity index (χ1v) is 6.89. The molecule has 114 valence electrons. The maximum absolute atomic E-state index is 12.3. The van der Waals surface area contributed by atoms with Gasteiger partial charge in [0.1, 0.15) is 5.75 Å². The first-order chi connectivity index (χ1) is 11.2. The van der Waals surface area contributed by atoms with Gasteiger partial charge in [0.15, 0.2) is 0 Å². The van der Waals surface area contributed by atoms with E-state index in [1.54, 1.807) is 36.5 Å². The van der Waals surface area contributed by atoms with Crippen LogP contribution < -0.4 is 10.9 Å². The van der Waals surface area contributed by atoms with Gasteiger partial charge in [-0.2, -0.15) is 0 Å². The van der Waals surface area contributed by atoms with Crippen LogP contribution in [-0.4, -0.2) is 21.9 Å². The fourth-order valence-corrected chi connectivity index (χ4v) is 2.20. The van der Waals surface area contributed by atoms with E-state index in [4.69, 9.17) is 0 Å². The van der Waals surface area contributed by atoms with E-state index in [2.05, 4.69) is 15.8 Å². The van der Waals surface area contributed by atoms with Crippen molar-refractivity contribution >= 4 is 22.7 Å². The zero-order chi connectivity index (χ0) is 16.2. The molecule has 3 aromatic rings. The van der Waals surface area contributed by atoms with E-state index in [-0.39, 0.29) is 11.3 Å². The van der Waals surface area contributed by atoms with E-state index >= 15 is 0 Å². The lowest BCUT2D eigenvalue weighted by molar-refractivity contribution is 0.0846. The first kappa shape index (κ1) is 14.5. The van der Waals surface area contributed by atoms with Gasteiger partial charge in [0, 0.05) is 11.6 Å². The third-order valence-corrected chi connectivity index (χ3v) is 3.32. The van der Waals surface area contributed by atoms with Crippen LogP contribution in [0.2, 0.25) is 0 Å². The van der Waals surface area contributed by atoms with Crippen molar-refractivity contribution in [3.8, 4) is 5.75 Å². The van der Waals surface area contributed by atoms with Crippen LogP contribution in [-0.2, 0) is 0 Å². The SMILES string of the molecule is O=C(NNC(=O)c1cccc2cccnc12)c1ccccc1O. The summed E-state index contributed by atoms with van der Waals surface area (Å²) in [5, 5.41) is 10.4. The van der Waals surface area contributed by atoms with Gasteiger partial charge in [-0.25, -0.2) is 0 Å². The number of benzene rings is 2. The van der Waals surface area contributed by atoms with Crippen molar-refractivity contribution in [1.82, 2.24) is 15.8 Å². The Morgan fingerprint density at radius 3 is 2.26 bits per heavy atom. The molecular weight excluding hydrogens is 294 g/mol. The molecule has 0 aliphatic carbocycles. The number of aromatic nitrogens is 1. The molecule has 0 unspecified atom stereocenters. The summed E-state index contributed by atoms with van der Waals surface area (Å²) in [6.45, 7) is 0. The van der Waals surface area contributed by atoms with Gasteiger partial charge in [0.2, 0.25) is 0 Å². The van der Waals surface area contributed by atoms with Gasteiger partial charge in [-0.15, -0.1) is 0 Å². The van der Waals surface area contributed by atoms with Gasteiger partial charge < -0.3 is 5.11 Å². The van der Waals surface area contributed by atoms with Gasteiger partial charge >= 0.3 is 0 Å². The summed E-state index contributed by atoms with van der Waals surface area (Å²) in [6.07, 6.45) is 1.60. The number of rotatable bonds is 2. The summed E-state index contributed by atoms with van der Waals surface area (Å²) in [5.74, 6) is -1.26. The number of carbonyl (C=O) groups excluding carboxylic acids is 2. The monoisotopic (exact) mass is 307 g/mol. The minimum absolute atomic E-state index is 0.0730. The zero-order valence-corrected chi connectivity index (χ0v) is 12.0. The molecule has 6 nitrogen and oxygen atoms in total. The topological polar surface area (TPSA) is 91.3 Å². The Bertz CT molecular complexity index is 888. The number of hydrogen-bond acceptors (Lipinski definition) is 4. The molecule has 2 amide bonds. The largest absolute Gasteiger partial charge is 0.507 e. The summed E-state index contributed by atoms with van der Waals surface area (Å²) in [4.78, 5) is 28.4. The lowest BCUT2D eigenvalue weighted by atomic mass is 10.1. The molecule has 2 aromatic carbocycles. The van der Waals surface area contributed by atoms with Gasteiger partial charge in [-0.05, 0) is 24.3 Å². The maximum atomic E-state index is 12.3. The average molecular weight is 307 g/mol. The van der Waals surface area contributed by atoms with Crippen molar-refractivity contribution in [2.24, 2.45) is 0 Å². The van der Waals surface area contributed by atoms with E-state index in [1.165, 1.54) is 12.1 Å². The number of para-hydroxylation sites is 2. The molecule has 1 aromatic heterocycles. The van der Waals surface area contributed by atoms with Gasteiger partial charge in [-0.3, -0.25) is 25.4 Å². The Balaban J connectivity index is 1.77. The molecule has 0 saturated carbocycles. The van der Waals surface area contributed by atoms with Crippen molar-refractivity contribution < 1.29 is 14.7 Å². The number of fused-ring (bicyclic) bond motifs is 1. The fraction of sp³-hybridized carbons (Fsp3) is 0. The number of hydrazine groups is 1. The Labute approximate surface area is 131 Å². The molecule has 1 heterocycles. The highest BCUT2D eigenvalue weighted by atomic mass is 16.3. The zero-order valence-electron chi connectivity index (χ0n) is 12.0. The molecule has 0 atom stereocenters. The van der Waals surface area contributed by atoms with Crippen molar-refractivity contribution in [2.75, 3.05) is 0 Å².